The van der Waals surface area contributed by atoms with Gasteiger partial charge in [-0.2, -0.15) is 0 Å². The average molecular weight is 331 g/mol. The molecule has 6 heteroatoms. The highest BCUT2D eigenvalue weighted by Gasteiger charge is 2.12. The first-order valence-corrected chi connectivity index (χ1v) is 8.14. The summed E-state index contributed by atoms with van der Waals surface area (Å²) >= 11 is 7.56. The lowest BCUT2D eigenvalue weighted by atomic mass is 10.2. The summed E-state index contributed by atoms with van der Waals surface area (Å²) < 4.78 is 1.50. The summed E-state index contributed by atoms with van der Waals surface area (Å²) in [5, 5.41) is 9.65. The van der Waals surface area contributed by atoms with Crippen molar-refractivity contribution < 1.29 is 0 Å². The number of aromatic nitrogens is 3. The standard InChI is InChI=1S/C16H15ClN4S/c1-11-5-7-12(8-6-11)10-22-16-20-19-15(21(16)18)13-3-2-4-14(17)9-13/h2-9H,10,18H2,1H3. The van der Waals surface area contributed by atoms with E-state index in [0.29, 0.717) is 16.0 Å². The zero-order valence-electron chi connectivity index (χ0n) is 12.0. The van der Waals surface area contributed by atoms with E-state index in [9.17, 15) is 0 Å². The summed E-state index contributed by atoms with van der Waals surface area (Å²) in [7, 11) is 0. The van der Waals surface area contributed by atoms with Crippen LogP contribution < -0.4 is 5.84 Å². The van der Waals surface area contributed by atoms with Gasteiger partial charge in [0.1, 0.15) is 0 Å². The minimum atomic E-state index is 0.605. The van der Waals surface area contributed by atoms with Crippen LogP contribution in [-0.4, -0.2) is 14.9 Å². The van der Waals surface area contributed by atoms with Crippen LogP contribution in [0.3, 0.4) is 0 Å². The molecule has 0 unspecified atom stereocenters. The Morgan fingerprint density at radius 1 is 1.14 bits per heavy atom. The van der Waals surface area contributed by atoms with Crippen LogP contribution in [0.1, 0.15) is 11.1 Å². The van der Waals surface area contributed by atoms with Crippen LogP contribution in [0.15, 0.2) is 53.7 Å². The molecule has 0 aliphatic rings. The molecular formula is C16H15ClN4S. The van der Waals surface area contributed by atoms with Crippen LogP contribution in [0.2, 0.25) is 5.02 Å². The van der Waals surface area contributed by atoms with E-state index in [-0.39, 0.29) is 0 Å². The fourth-order valence-corrected chi connectivity index (χ4v) is 3.03. The highest BCUT2D eigenvalue weighted by molar-refractivity contribution is 7.98. The van der Waals surface area contributed by atoms with E-state index in [1.54, 1.807) is 11.8 Å². The fourth-order valence-electron chi connectivity index (χ4n) is 2.03. The maximum atomic E-state index is 6.10. The van der Waals surface area contributed by atoms with E-state index in [0.717, 1.165) is 11.3 Å². The SMILES string of the molecule is Cc1ccc(CSc2nnc(-c3cccc(Cl)c3)n2N)cc1. The van der Waals surface area contributed by atoms with Crippen molar-refractivity contribution >= 4 is 23.4 Å². The number of nitrogen functional groups attached to an aromatic ring is 1. The molecule has 3 rings (SSSR count). The van der Waals surface area contributed by atoms with Crippen molar-refractivity contribution in [2.45, 2.75) is 17.8 Å². The number of halogens is 1. The predicted molar refractivity (Wildman–Crippen MR) is 91.4 cm³/mol. The van der Waals surface area contributed by atoms with Gasteiger partial charge in [-0.15, -0.1) is 10.2 Å². The number of hydrogen-bond donors (Lipinski definition) is 1. The molecule has 0 aliphatic heterocycles. The molecule has 0 radical (unpaired) electrons. The summed E-state index contributed by atoms with van der Waals surface area (Å²) in [6, 6.07) is 15.8. The Balaban J connectivity index is 1.77. The van der Waals surface area contributed by atoms with Crippen molar-refractivity contribution in [2.24, 2.45) is 0 Å². The second kappa shape index (κ2) is 6.42. The Morgan fingerprint density at radius 3 is 2.64 bits per heavy atom. The molecular weight excluding hydrogens is 316 g/mol. The van der Waals surface area contributed by atoms with Gasteiger partial charge in [0.05, 0.1) is 0 Å². The highest BCUT2D eigenvalue weighted by Crippen LogP contribution is 2.25. The highest BCUT2D eigenvalue weighted by atomic mass is 35.5. The number of nitrogens with zero attached hydrogens (tertiary/aromatic N) is 3. The van der Waals surface area contributed by atoms with Crippen LogP contribution in [-0.2, 0) is 5.75 Å². The topological polar surface area (TPSA) is 56.7 Å². The Labute approximate surface area is 138 Å². The van der Waals surface area contributed by atoms with Gasteiger partial charge in [-0.05, 0) is 24.6 Å². The van der Waals surface area contributed by atoms with E-state index < -0.39 is 0 Å². The van der Waals surface area contributed by atoms with Crippen LogP contribution in [0.5, 0.6) is 0 Å². The lowest BCUT2D eigenvalue weighted by molar-refractivity contribution is 0.849. The van der Waals surface area contributed by atoms with Crippen LogP contribution >= 0.6 is 23.4 Å². The van der Waals surface area contributed by atoms with Crippen LogP contribution in [0.25, 0.3) is 11.4 Å². The molecule has 112 valence electrons. The molecule has 0 amide bonds. The van der Waals surface area contributed by atoms with Crippen molar-refractivity contribution in [3.63, 3.8) is 0 Å². The minimum Gasteiger partial charge on any atom is -0.335 e. The molecule has 3 aromatic rings. The molecule has 2 aromatic carbocycles. The monoisotopic (exact) mass is 330 g/mol. The first-order chi connectivity index (χ1) is 10.6. The van der Waals surface area contributed by atoms with Gasteiger partial charge < -0.3 is 5.84 Å². The molecule has 0 saturated heterocycles. The third-order valence-electron chi connectivity index (χ3n) is 3.24. The second-order valence-electron chi connectivity index (χ2n) is 4.96. The van der Waals surface area contributed by atoms with Gasteiger partial charge in [0.25, 0.3) is 0 Å². The van der Waals surface area contributed by atoms with Crippen molar-refractivity contribution in [2.75, 3.05) is 5.84 Å². The van der Waals surface area contributed by atoms with E-state index in [1.807, 2.05) is 24.3 Å². The number of rotatable bonds is 4. The maximum absolute atomic E-state index is 6.10. The van der Waals surface area contributed by atoms with Crippen LogP contribution in [0, 0.1) is 6.92 Å². The summed E-state index contributed by atoms with van der Waals surface area (Å²) in [6.07, 6.45) is 0. The van der Waals surface area contributed by atoms with Gasteiger partial charge in [0.15, 0.2) is 5.82 Å². The van der Waals surface area contributed by atoms with Gasteiger partial charge >= 0.3 is 0 Å². The molecule has 0 atom stereocenters. The first kappa shape index (κ1) is 14.9. The summed E-state index contributed by atoms with van der Waals surface area (Å²) in [5.41, 5.74) is 3.33. The quantitative estimate of drug-likeness (QED) is 0.582. The van der Waals surface area contributed by atoms with Crippen molar-refractivity contribution in [1.29, 1.82) is 0 Å². The Kier molecular flexibility index (Phi) is 4.36. The molecule has 1 heterocycles. The smallest absolute Gasteiger partial charge is 0.210 e. The van der Waals surface area contributed by atoms with E-state index in [1.165, 1.54) is 15.8 Å². The number of hydrogen-bond acceptors (Lipinski definition) is 4. The zero-order chi connectivity index (χ0) is 15.5. The number of benzene rings is 2. The van der Waals surface area contributed by atoms with Gasteiger partial charge in [-0.25, -0.2) is 4.68 Å². The van der Waals surface area contributed by atoms with Crippen LogP contribution in [0.4, 0.5) is 0 Å². The molecule has 2 N–H and O–H groups in total. The Hall–Kier alpha value is -1.98. The maximum Gasteiger partial charge on any atom is 0.210 e. The van der Waals surface area contributed by atoms with E-state index >= 15 is 0 Å². The summed E-state index contributed by atoms with van der Waals surface area (Å²) in [5.74, 6) is 7.50. The van der Waals surface area contributed by atoms with Crippen molar-refractivity contribution in [3.05, 3.63) is 64.7 Å². The summed E-state index contributed by atoms with van der Waals surface area (Å²) in [4.78, 5) is 0. The molecule has 0 fully saturated rings. The molecule has 0 saturated carbocycles. The summed E-state index contributed by atoms with van der Waals surface area (Å²) in [6.45, 7) is 2.07. The van der Waals surface area contributed by atoms with Gasteiger partial charge in [-0.3, -0.25) is 0 Å². The average Bonchev–Trinajstić information content (AvgIpc) is 2.88. The Morgan fingerprint density at radius 2 is 1.91 bits per heavy atom. The second-order valence-corrected chi connectivity index (χ2v) is 6.34. The van der Waals surface area contributed by atoms with Crippen molar-refractivity contribution in [1.82, 2.24) is 14.9 Å². The largest absolute Gasteiger partial charge is 0.335 e. The van der Waals surface area contributed by atoms with E-state index in [4.69, 9.17) is 17.4 Å². The fraction of sp³-hybridized carbons (Fsp3) is 0.125. The van der Waals surface area contributed by atoms with Crippen molar-refractivity contribution in [3.8, 4) is 11.4 Å². The number of nitrogens with two attached hydrogens (primary N) is 1. The number of aryl methyl sites for hydroxylation is 1. The lowest BCUT2D eigenvalue weighted by Gasteiger charge is -2.04. The number of thioether (sulfide) groups is 1. The lowest BCUT2D eigenvalue weighted by Crippen LogP contribution is -2.11. The molecule has 22 heavy (non-hydrogen) atoms. The zero-order valence-corrected chi connectivity index (χ0v) is 13.6. The van der Waals surface area contributed by atoms with Gasteiger partial charge in [-0.1, -0.05) is 65.3 Å². The molecule has 0 aliphatic carbocycles. The third kappa shape index (κ3) is 3.26. The minimum absolute atomic E-state index is 0.605. The predicted octanol–water partition coefficient (Wildman–Crippen LogP) is 3.91. The third-order valence-corrected chi connectivity index (χ3v) is 4.49. The Bertz CT molecular complexity index is 783. The molecule has 4 nitrogen and oxygen atoms in total. The normalized spacial score (nSPS) is 10.8. The molecule has 0 spiro atoms. The van der Waals surface area contributed by atoms with Gasteiger partial charge in [0, 0.05) is 16.3 Å². The van der Waals surface area contributed by atoms with E-state index in [2.05, 4.69) is 41.4 Å². The molecule has 0 bridgehead atoms. The molecule has 1 aromatic heterocycles. The first-order valence-electron chi connectivity index (χ1n) is 6.78. The van der Waals surface area contributed by atoms with Gasteiger partial charge in [0.2, 0.25) is 5.16 Å².